The molecule has 1 fully saturated rings. The number of fused-ring (bicyclic) bond motifs is 1. The van der Waals surface area contributed by atoms with E-state index in [9.17, 15) is 0 Å². The minimum atomic E-state index is 0.453. The summed E-state index contributed by atoms with van der Waals surface area (Å²) in [5, 5.41) is 0. The first kappa shape index (κ1) is 12.6. The second kappa shape index (κ2) is 5.28. The fraction of sp³-hybridized carbons (Fsp3) is 0.529. The Bertz CT molecular complexity index is 477. The molecule has 0 amide bonds. The summed E-state index contributed by atoms with van der Waals surface area (Å²) in [6, 6.07) is 0. The van der Waals surface area contributed by atoms with Gasteiger partial charge in [0.05, 0.1) is 0 Å². The molecule has 2 heteroatoms. The van der Waals surface area contributed by atoms with Gasteiger partial charge < -0.3 is 9.47 Å². The largest absolute Gasteiger partial charge is 0.486 e. The zero-order valence-corrected chi connectivity index (χ0v) is 11.8. The molecular weight excluding hydrogens is 236 g/mol. The first-order valence-electron chi connectivity index (χ1n) is 7.32. The molecule has 0 aromatic heterocycles. The minimum absolute atomic E-state index is 0.453. The highest BCUT2D eigenvalue weighted by Crippen LogP contribution is 2.35. The lowest BCUT2D eigenvalue weighted by Gasteiger charge is -2.28. The molecule has 2 aliphatic carbocycles. The minimum Gasteiger partial charge on any atom is -0.486 e. The van der Waals surface area contributed by atoms with Gasteiger partial charge >= 0.3 is 0 Å². The lowest BCUT2D eigenvalue weighted by molar-refractivity contribution is 0.0560. The number of hydrogen-bond donors (Lipinski definition) is 0. The average molecular weight is 258 g/mol. The zero-order valence-electron chi connectivity index (χ0n) is 11.8. The van der Waals surface area contributed by atoms with Crippen LogP contribution in [0.25, 0.3) is 0 Å². The summed E-state index contributed by atoms with van der Waals surface area (Å²) < 4.78 is 11.3. The van der Waals surface area contributed by atoms with Gasteiger partial charge in [-0.25, -0.2) is 0 Å². The third-order valence-corrected chi connectivity index (χ3v) is 4.09. The van der Waals surface area contributed by atoms with Crippen LogP contribution in [-0.4, -0.2) is 13.2 Å². The van der Waals surface area contributed by atoms with Crippen molar-refractivity contribution < 1.29 is 9.47 Å². The van der Waals surface area contributed by atoms with Crippen LogP contribution in [0.3, 0.4) is 0 Å². The van der Waals surface area contributed by atoms with Crippen LogP contribution >= 0.6 is 0 Å². The van der Waals surface area contributed by atoms with E-state index in [2.05, 4.69) is 38.2 Å². The Morgan fingerprint density at radius 1 is 1.11 bits per heavy atom. The molecule has 3 aliphatic rings. The topological polar surface area (TPSA) is 18.5 Å². The quantitative estimate of drug-likeness (QED) is 0.741. The molecule has 0 N–H and O–H groups in total. The molecule has 19 heavy (non-hydrogen) atoms. The Labute approximate surface area is 115 Å². The molecule has 1 unspecified atom stereocenters. The van der Waals surface area contributed by atoms with E-state index in [1.54, 1.807) is 5.57 Å². The maximum Gasteiger partial charge on any atom is 0.157 e. The third kappa shape index (κ3) is 2.63. The highest BCUT2D eigenvalue weighted by Gasteiger charge is 2.23. The average Bonchev–Trinajstić information content (AvgIpc) is 2.47. The highest BCUT2D eigenvalue weighted by atomic mass is 16.6. The van der Waals surface area contributed by atoms with Crippen LogP contribution in [0.1, 0.15) is 33.1 Å². The van der Waals surface area contributed by atoms with E-state index in [0.717, 1.165) is 17.9 Å². The Morgan fingerprint density at radius 3 is 2.68 bits per heavy atom. The first-order valence-corrected chi connectivity index (χ1v) is 7.32. The summed E-state index contributed by atoms with van der Waals surface area (Å²) in [6.45, 7) is 5.91. The lowest BCUT2D eigenvalue weighted by Crippen LogP contribution is -2.18. The second-order valence-corrected chi connectivity index (χ2v) is 5.76. The predicted octanol–water partition coefficient (Wildman–Crippen LogP) is 4.12. The Balaban J connectivity index is 1.79. The smallest absolute Gasteiger partial charge is 0.157 e. The monoisotopic (exact) mass is 258 g/mol. The van der Waals surface area contributed by atoms with Gasteiger partial charge in [0, 0.05) is 5.92 Å². The summed E-state index contributed by atoms with van der Waals surface area (Å²) in [4.78, 5) is 0. The van der Waals surface area contributed by atoms with Crippen LogP contribution in [0, 0.1) is 11.8 Å². The lowest BCUT2D eigenvalue weighted by atomic mass is 9.83. The third-order valence-electron chi connectivity index (χ3n) is 4.09. The number of ether oxygens (including phenoxy) is 2. The molecule has 1 atom stereocenters. The Morgan fingerprint density at radius 2 is 1.89 bits per heavy atom. The normalized spacial score (nSPS) is 26.4. The van der Waals surface area contributed by atoms with Gasteiger partial charge in [-0.1, -0.05) is 31.6 Å². The Hall–Kier alpha value is -1.44. The standard InChI is InChI=1S/C17H22O2/c1-12(2)13-4-3-5-14(10-13)15-6-7-16-17(11-15)19-9-8-18-16/h5,7,10-12,15H,3-4,6,8-9H2,1-2H3. The molecule has 0 saturated carbocycles. The maximum atomic E-state index is 5.70. The van der Waals surface area contributed by atoms with E-state index < -0.39 is 0 Å². The van der Waals surface area contributed by atoms with Crippen molar-refractivity contribution in [2.24, 2.45) is 11.8 Å². The van der Waals surface area contributed by atoms with Crippen molar-refractivity contribution in [2.75, 3.05) is 13.2 Å². The molecular formula is C17H22O2. The van der Waals surface area contributed by atoms with Crippen LogP contribution in [0.2, 0.25) is 0 Å². The van der Waals surface area contributed by atoms with Crippen molar-refractivity contribution in [1.82, 2.24) is 0 Å². The van der Waals surface area contributed by atoms with E-state index in [1.807, 2.05) is 0 Å². The van der Waals surface area contributed by atoms with Crippen molar-refractivity contribution in [2.45, 2.75) is 33.1 Å². The number of allylic oxidation sites excluding steroid dienone is 6. The van der Waals surface area contributed by atoms with E-state index >= 15 is 0 Å². The molecule has 0 aromatic rings. The molecule has 0 spiro atoms. The summed E-state index contributed by atoms with van der Waals surface area (Å²) in [6.07, 6.45) is 12.6. The molecule has 2 nitrogen and oxygen atoms in total. The van der Waals surface area contributed by atoms with Gasteiger partial charge in [0.1, 0.15) is 13.2 Å². The molecule has 3 rings (SSSR count). The summed E-state index contributed by atoms with van der Waals surface area (Å²) in [5.74, 6) is 2.98. The van der Waals surface area contributed by atoms with Gasteiger partial charge in [-0.05, 0) is 42.9 Å². The van der Waals surface area contributed by atoms with Gasteiger partial charge in [-0.2, -0.15) is 0 Å². The second-order valence-electron chi connectivity index (χ2n) is 5.76. The van der Waals surface area contributed by atoms with Crippen molar-refractivity contribution in [3.8, 4) is 0 Å². The molecule has 1 heterocycles. The van der Waals surface area contributed by atoms with Crippen LogP contribution in [0.15, 0.2) is 47.0 Å². The van der Waals surface area contributed by atoms with E-state index in [-0.39, 0.29) is 0 Å². The van der Waals surface area contributed by atoms with Crippen LogP contribution in [0.5, 0.6) is 0 Å². The van der Waals surface area contributed by atoms with Gasteiger partial charge in [-0.3, -0.25) is 0 Å². The van der Waals surface area contributed by atoms with E-state index in [1.165, 1.54) is 18.4 Å². The van der Waals surface area contributed by atoms with Crippen LogP contribution in [0.4, 0.5) is 0 Å². The van der Waals surface area contributed by atoms with E-state index in [0.29, 0.717) is 25.0 Å². The number of rotatable bonds is 2. The van der Waals surface area contributed by atoms with Crippen LogP contribution in [-0.2, 0) is 9.47 Å². The summed E-state index contributed by atoms with van der Waals surface area (Å²) in [7, 11) is 0. The van der Waals surface area contributed by atoms with E-state index in [4.69, 9.17) is 9.47 Å². The predicted molar refractivity (Wildman–Crippen MR) is 76.4 cm³/mol. The molecule has 0 aromatic carbocycles. The molecule has 0 bridgehead atoms. The highest BCUT2D eigenvalue weighted by molar-refractivity contribution is 5.38. The fourth-order valence-corrected chi connectivity index (χ4v) is 2.92. The molecule has 102 valence electrons. The zero-order chi connectivity index (χ0) is 13.2. The van der Waals surface area contributed by atoms with Crippen molar-refractivity contribution in [3.63, 3.8) is 0 Å². The SMILES string of the molecule is CC(C)C1=CC(C2C=C3OCCOC3=CC2)=CCC1. The van der Waals surface area contributed by atoms with Crippen molar-refractivity contribution in [1.29, 1.82) is 0 Å². The summed E-state index contributed by atoms with van der Waals surface area (Å²) in [5.41, 5.74) is 3.03. The first-order chi connectivity index (χ1) is 9.24. The number of hydrogen-bond acceptors (Lipinski definition) is 2. The molecule has 1 aliphatic heterocycles. The van der Waals surface area contributed by atoms with Gasteiger partial charge in [-0.15, -0.1) is 0 Å². The van der Waals surface area contributed by atoms with Crippen LogP contribution < -0.4 is 0 Å². The summed E-state index contributed by atoms with van der Waals surface area (Å²) >= 11 is 0. The molecule has 1 saturated heterocycles. The van der Waals surface area contributed by atoms with Gasteiger partial charge in [0.25, 0.3) is 0 Å². The van der Waals surface area contributed by atoms with Crippen molar-refractivity contribution >= 4 is 0 Å². The molecule has 0 radical (unpaired) electrons. The van der Waals surface area contributed by atoms with Gasteiger partial charge in [0.2, 0.25) is 0 Å². The van der Waals surface area contributed by atoms with Gasteiger partial charge in [0.15, 0.2) is 11.5 Å². The fourth-order valence-electron chi connectivity index (χ4n) is 2.92. The van der Waals surface area contributed by atoms with Crippen molar-refractivity contribution in [3.05, 3.63) is 47.0 Å². The Kier molecular flexibility index (Phi) is 3.50. The maximum absolute atomic E-state index is 5.70.